The summed E-state index contributed by atoms with van der Waals surface area (Å²) in [5.41, 5.74) is 4.89. The molecule has 0 N–H and O–H groups in total. The van der Waals surface area contributed by atoms with Gasteiger partial charge in [-0.15, -0.1) is 0 Å². The van der Waals surface area contributed by atoms with Crippen LogP contribution in [0.2, 0.25) is 0 Å². The number of nitrogens with zero attached hydrogens (tertiary/aromatic N) is 2. The summed E-state index contributed by atoms with van der Waals surface area (Å²) in [6, 6.07) is 26.1. The molecule has 0 amide bonds. The second kappa shape index (κ2) is 10.6. The molecule has 0 unspecified atom stereocenters. The summed E-state index contributed by atoms with van der Waals surface area (Å²) in [6.45, 7) is 9.77. The number of aliphatic imine (C=N–C) groups is 2. The maximum absolute atomic E-state index is 5.97. The third-order valence-corrected chi connectivity index (χ3v) is 10.8. The van der Waals surface area contributed by atoms with E-state index in [1.165, 1.54) is 20.1 Å². The molecule has 0 aromatic heterocycles. The molecule has 2 aliphatic rings. The van der Waals surface area contributed by atoms with Gasteiger partial charge in [-0.1, -0.05) is 0 Å². The van der Waals surface area contributed by atoms with Crippen molar-refractivity contribution in [3.63, 3.8) is 0 Å². The summed E-state index contributed by atoms with van der Waals surface area (Å²) in [5, 5.41) is 2.11. The molecule has 0 spiro atoms. The monoisotopic (exact) mass is 612 g/mol. The van der Waals surface area contributed by atoms with Crippen LogP contribution in [-0.2, 0) is 20.1 Å². The van der Waals surface area contributed by atoms with Crippen LogP contribution in [0.1, 0.15) is 49.9 Å². The van der Waals surface area contributed by atoms with Crippen molar-refractivity contribution in [3.8, 4) is 0 Å². The Morgan fingerprint density at radius 3 is 1.39 bits per heavy atom. The summed E-state index contributed by atoms with van der Waals surface area (Å²) >= 11 is 0.572. The number of hydrogen-bond acceptors (Lipinski definition) is 4. The molecular weight excluding hydrogens is 578 g/mol. The third kappa shape index (κ3) is 5.95. The maximum atomic E-state index is 5.97. The van der Waals surface area contributed by atoms with Gasteiger partial charge in [-0.25, -0.2) is 0 Å². The van der Waals surface area contributed by atoms with Gasteiger partial charge in [-0.3, -0.25) is 0 Å². The van der Waals surface area contributed by atoms with Crippen molar-refractivity contribution in [2.24, 2.45) is 9.98 Å². The fourth-order valence-corrected chi connectivity index (χ4v) is 8.66. The van der Waals surface area contributed by atoms with Crippen LogP contribution in [0.15, 0.2) is 82.8 Å². The second-order valence-corrected chi connectivity index (χ2v) is 14.6. The minimum atomic E-state index is -0.148. The summed E-state index contributed by atoms with van der Waals surface area (Å²) in [7, 11) is 0. The summed E-state index contributed by atoms with van der Waals surface area (Å²) in [6.07, 6.45) is 0. The minimum absolute atomic E-state index is 0.148. The van der Waals surface area contributed by atoms with Crippen LogP contribution in [0.5, 0.6) is 0 Å². The average Bonchev–Trinajstić information content (AvgIpc) is 3.42. The first-order chi connectivity index (χ1) is 17.3. The molecule has 0 atom stereocenters. The van der Waals surface area contributed by atoms with Crippen LogP contribution in [0.3, 0.4) is 0 Å². The molecule has 0 saturated heterocycles. The fraction of sp³-hybridized carbons (Fsp3) is 0.333. The van der Waals surface area contributed by atoms with E-state index in [2.05, 4.69) is 100 Å². The molecule has 0 bridgehead atoms. The second-order valence-electron chi connectivity index (χ2n) is 10.4. The van der Waals surface area contributed by atoms with E-state index in [-0.39, 0.29) is 41.0 Å². The van der Waals surface area contributed by atoms with Gasteiger partial charge in [-0.2, -0.15) is 0 Å². The van der Waals surface area contributed by atoms with Crippen molar-refractivity contribution in [1.29, 1.82) is 0 Å². The molecule has 36 heavy (non-hydrogen) atoms. The van der Waals surface area contributed by atoms with Gasteiger partial charge in [0.25, 0.3) is 0 Å². The van der Waals surface area contributed by atoms with Crippen molar-refractivity contribution >= 4 is 50.6 Å². The van der Waals surface area contributed by atoms with E-state index in [0.29, 0.717) is 13.2 Å². The molecule has 6 heteroatoms. The van der Waals surface area contributed by atoms with E-state index in [1.807, 2.05) is 0 Å². The van der Waals surface area contributed by atoms with Crippen molar-refractivity contribution in [3.05, 3.63) is 95.1 Å². The van der Waals surface area contributed by atoms with Gasteiger partial charge >= 0.3 is 228 Å². The van der Waals surface area contributed by atoms with Crippen LogP contribution in [0, 0.1) is 0 Å². The topological polar surface area (TPSA) is 43.2 Å². The Labute approximate surface area is 226 Å². The number of hydrogen-bond donors (Lipinski definition) is 0. The van der Waals surface area contributed by atoms with E-state index in [0.717, 1.165) is 33.6 Å². The molecule has 5 rings (SSSR count). The molecule has 3 aromatic rings. The van der Waals surface area contributed by atoms with E-state index in [1.54, 1.807) is 0 Å². The molecule has 0 aliphatic carbocycles. The average molecular weight is 611 g/mol. The van der Waals surface area contributed by atoms with Gasteiger partial charge in [0.15, 0.2) is 0 Å². The third-order valence-electron chi connectivity index (χ3n) is 6.05. The fourth-order valence-electron chi connectivity index (χ4n) is 4.13. The predicted molar refractivity (Wildman–Crippen MR) is 151 cm³/mol. The molecule has 186 valence electrons. The first-order valence-corrected chi connectivity index (χ1v) is 16.4. The summed E-state index contributed by atoms with van der Waals surface area (Å²) in [5.74, 6) is 1.59. The Bertz CT molecular complexity index is 1210. The summed E-state index contributed by atoms with van der Waals surface area (Å²) in [4.78, 5) is 9.65. The van der Waals surface area contributed by atoms with Gasteiger partial charge in [0.1, 0.15) is 0 Å². The first-order valence-electron chi connectivity index (χ1n) is 12.3. The Kier molecular flexibility index (Phi) is 7.42. The Morgan fingerprint density at radius 1 is 0.611 bits per heavy atom. The normalized spacial score (nSPS) is 17.8. The van der Waals surface area contributed by atoms with E-state index >= 15 is 0 Å². The van der Waals surface area contributed by atoms with Crippen LogP contribution in [0.25, 0.3) is 0 Å². The molecular formula is C30H32N2O2Se2. The van der Waals surface area contributed by atoms with Crippen LogP contribution >= 0.6 is 0 Å². The predicted octanol–water partition coefficient (Wildman–Crippen LogP) is 3.86. The molecule has 2 heterocycles. The van der Waals surface area contributed by atoms with E-state index in [4.69, 9.17) is 19.5 Å². The molecule has 3 aromatic carbocycles. The van der Waals surface area contributed by atoms with Crippen LogP contribution < -0.4 is 8.92 Å². The zero-order chi connectivity index (χ0) is 25.2. The van der Waals surface area contributed by atoms with E-state index < -0.39 is 0 Å². The molecule has 0 fully saturated rings. The van der Waals surface area contributed by atoms with E-state index in [9.17, 15) is 0 Å². The zero-order valence-corrected chi connectivity index (χ0v) is 24.7. The van der Waals surface area contributed by atoms with Gasteiger partial charge in [0.05, 0.1) is 0 Å². The first kappa shape index (κ1) is 25.3. The Hall–Kier alpha value is -2.36. The number of rotatable bonds is 8. The van der Waals surface area contributed by atoms with Crippen molar-refractivity contribution < 1.29 is 9.47 Å². The zero-order valence-electron chi connectivity index (χ0n) is 21.3. The van der Waals surface area contributed by atoms with Crippen molar-refractivity contribution in [2.45, 2.75) is 49.4 Å². The molecule has 0 saturated carbocycles. The van der Waals surface area contributed by atoms with Crippen LogP contribution in [0.4, 0.5) is 0 Å². The van der Waals surface area contributed by atoms with Gasteiger partial charge in [0.2, 0.25) is 0 Å². The Balaban J connectivity index is 1.31. The van der Waals surface area contributed by atoms with Gasteiger partial charge < -0.3 is 0 Å². The number of benzene rings is 3. The van der Waals surface area contributed by atoms with Crippen LogP contribution in [-0.4, -0.2) is 66.0 Å². The standard InChI is InChI=1S/C30H32N2O2Se2/c1-29(2)19-33-27(31-29)23-13-7-9-15-25(23)35-17-21-11-5-6-12-22(21)18-36-26-16-10-8-14-24(26)28-32-30(3,4)20-34-28/h5-16H,17-20H2,1-4H3. The molecule has 4 nitrogen and oxygen atoms in total. The Morgan fingerprint density at radius 2 is 1.00 bits per heavy atom. The van der Waals surface area contributed by atoms with Gasteiger partial charge in [-0.05, 0) is 0 Å². The van der Waals surface area contributed by atoms with Gasteiger partial charge in [0, 0.05) is 0 Å². The molecule has 0 radical (unpaired) electrons. The SMILES string of the molecule is CC1(C)COC(c2ccccc2[Se]Cc2ccccc2C[Se]c2ccccc2C2=NC(C)(C)CO2)=N1. The quantitative estimate of drug-likeness (QED) is 0.364. The summed E-state index contributed by atoms with van der Waals surface area (Å²) < 4.78 is 14.6. The van der Waals surface area contributed by atoms with Crippen molar-refractivity contribution in [1.82, 2.24) is 0 Å². The molecule has 2 aliphatic heterocycles. The van der Waals surface area contributed by atoms with Crippen molar-refractivity contribution in [2.75, 3.05) is 13.2 Å². The number of ether oxygens (including phenoxy) is 2.